The summed E-state index contributed by atoms with van der Waals surface area (Å²) < 4.78 is 31.6. The summed E-state index contributed by atoms with van der Waals surface area (Å²) in [6.07, 6.45) is 10.9. The summed E-state index contributed by atoms with van der Waals surface area (Å²) in [7, 11) is -2.46. The average molecular weight is 325 g/mol. The van der Waals surface area contributed by atoms with Gasteiger partial charge in [0.25, 0.3) is 10.0 Å². The number of ether oxygens (including phenoxy) is 1. The fraction of sp³-hybridized carbons (Fsp3) is 0.111. The van der Waals surface area contributed by atoms with Gasteiger partial charge in [0.2, 0.25) is 0 Å². The van der Waals surface area contributed by atoms with Crippen molar-refractivity contribution < 1.29 is 13.2 Å². The molecule has 116 valence electrons. The molecule has 0 spiro atoms. The van der Waals surface area contributed by atoms with Crippen molar-refractivity contribution in [3.63, 3.8) is 0 Å². The second-order valence-corrected chi connectivity index (χ2v) is 6.53. The van der Waals surface area contributed by atoms with Crippen molar-refractivity contribution >= 4 is 15.7 Å². The Morgan fingerprint density at radius 2 is 1.74 bits per heavy atom. The fourth-order valence-electron chi connectivity index (χ4n) is 2.01. The van der Waals surface area contributed by atoms with Crippen LogP contribution in [0.25, 0.3) is 0 Å². The molecule has 0 aliphatic heterocycles. The van der Waals surface area contributed by atoms with Crippen LogP contribution in [0, 0.1) is 31.7 Å². The Morgan fingerprint density at radius 3 is 2.26 bits per heavy atom. The Labute approximate surface area is 136 Å². The largest absolute Gasteiger partial charge is 0.497 e. The number of aryl methyl sites for hydroxylation is 1. The van der Waals surface area contributed by atoms with E-state index in [1.54, 1.807) is 24.3 Å². The Bertz CT molecular complexity index is 901. The van der Waals surface area contributed by atoms with Crippen LogP contribution in [0.1, 0.15) is 11.1 Å². The first-order chi connectivity index (χ1) is 10.9. The molecule has 0 heterocycles. The highest BCUT2D eigenvalue weighted by Crippen LogP contribution is 2.30. The van der Waals surface area contributed by atoms with E-state index < -0.39 is 10.0 Å². The number of methoxy groups -OCH3 is 1. The molecule has 23 heavy (non-hydrogen) atoms. The lowest BCUT2D eigenvalue weighted by Crippen LogP contribution is -2.26. The van der Waals surface area contributed by atoms with E-state index in [0.29, 0.717) is 11.3 Å². The maximum atomic E-state index is 12.8. The summed E-state index contributed by atoms with van der Waals surface area (Å²) in [5.74, 6) is 2.89. The third kappa shape index (κ3) is 3.15. The molecule has 0 amide bonds. The SMILES string of the molecule is C#Cc1ccc(OC)cc1N(C#C)S(=O)(=O)c1ccc(C)cc1. The van der Waals surface area contributed by atoms with Gasteiger partial charge in [0.15, 0.2) is 0 Å². The van der Waals surface area contributed by atoms with Gasteiger partial charge in [-0.25, -0.2) is 8.42 Å². The quantitative estimate of drug-likeness (QED) is 0.641. The minimum Gasteiger partial charge on any atom is -0.497 e. The van der Waals surface area contributed by atoms with Gasteiger partial charge >= 0.3 is 0 Å². The zero-order chi connectivity index (χ0) is 17.0. The van der Waals surface area contributed by atoms with E-state index in [1.165, 1.54) is 25.3 Å². The Balaban J connectivity index is 2.63. The zero-order valence-corrected chi connectivity index (χ0v) is 13.6. The van der Waals surface area contributed by atoms with Gasteiger partial charge in [0.1, 0.15) is 5.75 Å². The highest BCUT2D eigenvalue weighted by atomic mass is 32.2. The van der Waals surface area contributed by atoms with Gasteiger partial charge < -0.3 is 4.74 Å². The number of terminal acetylenes is 2. The van der Waals surface area contributed by atoms with Gasteiger partial charge in [0, 0.05) is 12.1 Å². The number of hydrogen-bond acceptors (Lipinski definition) is 3. The topological polar surface area (TPSA) is 46.6 Å². The van der Waals surface area contributed by atoms with Gasteiger partial charge in [-0.05, 0) is 31.2 Å². The number of anilines is 1. The molecule has 4 nitrogen and oxygen atoms in total. The van der Waals surface area contributed by atoms with Crippen molar-refractivity contribution in [3.8, 4) is 30.6 Å². The molecule has 0 unspecified atom stereocenters. The average Bonchev–Trinajstić information content (AvgIpc) is 2.55. The summed E-state index contributed by atoms with van der Waals surface area (Å²) in [4.78, 5) is 0.0897. The molecule has 0 bridgehead atoms. The van der Waals surface area contributed by atoms with Crippen LogP contribution >= 0.6 is 0 Å². The standard InChI is InChI=1S/C18H15NO3S/c1-5-15-9-10-16(22-4)13-18(15)19(6-2)23(20,21)17-11-7-14(3)8-12-17/h1-2,7-13H,3-4H3. The van der Waals surface area contributed by atoms with Gasteiger partial charge in [-0.2, -0.15) is 4.31 Å². The molecule has 0 saturated carbocycles. The number of rotatable bonds is 4. The number of hydrogen-bond donors (Lipinski definition) is 0. The van der Waals surface area contributed by atoms with Crippen LogP contribution in [0.4, 0.5) is 5.69 Å². The van der Waals surface area contributed by atoms with E-state index in [-0.39, 0.29) is 10.6 Å². The molecular formula is C18H15NO3S. The van der Waals surface area contributed by atoms with Crippen LogP contribution < -0.4 is 9.04 Å². The first-order valence-corrected chi connectivity index (χ1v) is 8.11. The lowest BCUT2D eigenvalue weighted by molar-refractivity contribution is 0.415. The van der Waals surface area contributed by atoms with E-state index in [1.807, 2.05) is 6.92 Å². The van der Waals surface area contributed by atoms with E-state index in [2.05, 4.69) is 12.0 Å². The van der Waals surface area contributed by atoms with E-state index >= 15 is 0 Å². The molecule has 0 N–H and O–H groups in total. The first-order valence-electron chi connectivity index (χ1n) is 6.67. The highest BCUT2D eigenvalue weighted by molar-refractivity contribution is 7.93. The van der Waals surface area contributed by atoms with Crippen LogP contribution in [0.5, 0.6) is 5.75 Å². The lowest BCUT2D eigenvalue weighted by Gasteiger charge is -2.20. The van der Waals surface area contributed by atoms with Gasteiger partial charge in [-0.3, -0.25) is 0 Å². The summed E-state index contributed by atoms with van der Waals surface area (Å²) in [6.45, 7) is 1.87. The van der Waals surface area contributed by atoms with Crippen molar-refractivity contribution in [1.82, 2.24) is 0 Å². The smallest absolute Gasteiger partial charge is 0.275 e. The predicted molar refractivity (Wildman–Crippen MR) is 90.6 cm³/mol. The fourth-order valence-corrected chi connectivity index (χ4v) is 3.25. The van der Waals surface area contributed by atoms with Crippen LogP contribution in [0.2, 0.25) is 0 Å². The van der Waals surface area contributed by atoms with E-state index in [0.717, 1.165) is 9.87 Å². The van der Waals surface area contributed by atoms with Crippen LogP contribution in [-0.2, 0) is 10.0 Å². The Morgan fingerprint density at radius 1 is 1.09 bits per heavy atom. The predicted octanol–water partition coefficient (Wildman–Crippen LogP) is 2.77. The molecule has 0 radical (unpaired) electrons. The second kappa shape index (κ2) is 6.48. The normalized spacial score (nSPS) is 10.4. The van der Waals surface area contributed by atoms with Crippen LogP contribution in [-0.4, -0.2) is 15.5 Å². The van der Waals surface area contributed by atoms with Crippen molar-refractivity contribution in [2.75, 3.05) is 11.4 Å². The number of sulfonamides is 1. The minimum absolute atomic E-state index is 0.0897. The van der Waals surface area contributed by atoms with Crippen molar-refractivity contribution in [2.24, 2.45) is 0 Å². The summed E-state index contributed by atoms with van der Waals surface area (Å²) in [5, 5.41) is 0. The highest BCUT2D eigenvalue weighted by Gasteiger charge is 2.25. The molecule has 0 saturated heterocycles. The lowest BCUT2D eigenvalue weighted by atomic mass is 10.2. The molecule has 0 atom stereocenters. The Kier molecular flexibility index (Phi) is 4.64. The number of nitrogens with zero attached hydrogens (tertiary/aromatic N) is 1. The van der Waals surface area contributed by atoms with E-state index in [9.17, 15) is 8.42 Å². The molecule has 5 heteroatoms. The molecule has 0 aliphatic rings. The molecule has 0 aliphatic carbocycles. The second-order valence-electron chi connectivity index (χ2n) is 4.74. The minimum atomic E-state index is -3.93. The molecule has 2 rings (SSSR count). The third-order valence-corrected chi connectivity index (χ3v) is 4.91. The van der Waals surface area contributed by atoms with Crippen molar-refractivity contribution in [1.29, 1.82) is 0 Å². The van der Waals surface area contributed by atoms with Gasteiger partial charge in [-0.15, -0.1) is 6.42 Å². The molecule has 2 aromatic rings. The summed E-state index contributed by atoms with van der Waals surface area (Å²) in [5.41, 5.74) is 1.51. The molecule has 0 aromatic heterocycles. The van der Waals surface area contributed by atoms with Crippen LogP contribution in [0.15, 0.2) is 47.4 Å². The first kappa shape index (κ1) is 16.5. The Hall–Kier alpha value is -2.89. The zero-order valence-electron chi connectivity index (χ0n) is 12.8. The summed E-state index contributed by atoms with van der Waals surface area (Å²) >= 11 is 0. The number of benzene rings is 2. The maximum absolute atomic E-state index is 12.8. The molecule has 2 aromatic carbocycles. The van der Waals surface area contributed by atoms with Gasteiger partial charge in [0.05, 0.1) is 23.3 Å². The van der Waals surface area contributed by atoms with Gasteiger partial charge in [-0.1, -0.05) is 30.0 Å². The maximum Gasteiger partial charge on any atom is 0.275 e. The van der Waals surface area contributed by atoms with Crippen molar-refractivity contribution in [2.45, 2.75) is 11.8 Å². The molecular weight excluding hydrogens is 310 g/mol. The third-order valence-electron chi connectivity index (χ3n) is 3.26. The monoisotopic (exact) mass is 325 g/mol. The molecule has 0 fully saturated rings. The van der Waals surface area contributed by atoms with Crippen LogP contribution in [0.3, 0.4) is 0 Å². The van der Waals surface area contributed by atoms with E-state index in [4.69, 9.17) is 17.6 Å². The van der Waals surface area contributed by atoms with Crippen molar-refractivity contribution in [3.05, 3.63) is 53.6 Å². The summed E-state index contributed by atoms with van der Waals surface area (Å²) in [6, 6.07) is 13.3.